The number of nitrogens with zero attached hydrogens (tertiary/aromatic N) is 2. The van der Waals surface area contributed by atoms with Crippen LogP contribution in [-0.4, -0.2) is 59.5 Å². The van der Waals surface area contributed by atoms with Crippen LogP contribution in [0.3, 0.4) is 0 Å². The third kappa shape index (κ3) is 5.10. The highest BCUT2D eigenvalue weighted by Crippen LogP contribution is 2.36. The molecule has 2 atom stereocenters. The molecule has 0 saturated carbocycles. The monoisotopic (exact) mass is 372 g/mol. The van der Waals surface area contributed by atoms with Gasteiger partial charge in [-0.25, -0.2) is 0 Å². The van der Waals surface area contributed by atoms with E-state index in [1.807, 2.05) is 28.0 Å². The van der Waals surface area contributed by atoms with Gasteiger partial charge in [-0.05, 0) is 43.1 Å². The van der Waals surface area contributed by atoms with Crippen molar-refractivity contribution < 1.29 is 14.7 Å². The maximum Gasteiger partial charge on any atom is 0.222 e. The van der Waals surface area contributed by atoms with E-state index in [4.69, 9.17) is 0 Å². The Morgan fingerprint density at radius 3 is 2.41 bits per heavy atom. The van der Waals surface area contributed by atoms with Gasteiger partial charge < -0.3 is 14.9 Å². The zero-order valence-electron chi connectivity index (χ0n) is 16.3. The summed E-state index contributed by atoms with van der Waals surface area (Å²) in [5, 5.41) is 9.83. The molecule has 1 N–H and O–H groups in total. The lowest BCUT2D eigenvalue weighted by Crippen LogP contribution is -2.40. The third-order valence-electron chi connectivity index (χ3n) is 6.37. The van der Waals surface area contributed by atoms with E-state index in [1.165, 1.54) is 5.56 Å². The Kier molecular flexibility index (Phi) is 6.89. The predicted molar refractivity (Wildman–Crippen MR) is 105 cm³/mol. The van der Waals surface area contributed by atoms with Crippen LogP contribution >= 0.6 is 0 Å². The van der Waals surface area contributed by atoms with Crippen molar-refractivity contribution in [1.29, 1.82) is 0 Å². The summed E-state index contributed by atoms with van der Waals surface area (Å²) in [5.41, 5.74) is 1.27. The van der Waals surface area contributed by atoms with E-state index in [2.05, 4.69) is 12.1 Å². The van der Waals surface area contributed by atoms with E-state index in [-0.39, 0.29) is 24.3 Å². The third-order valence-corrected chi connectivity index (χ3v) is 6.37. The van der Waals surface area contributed by atoms with E-state index >= 15 is 0 Å². The summed E-state index contributed by atoms with van der Waals surface area (Å²) in [4.78, 5) is 28.1. The van der Waals surface area contributed by atoms with Gasteiger partial charge in [-0.1, -0.05) is 30.3 Å². The number of carbonyl (C=O) groups is 2. The summed E-state index contributed by atoms with van der Waals surface area (Å²) in [6.07, 6.45) is 4.33. The quantitative estimate of drug-likeness (QED) is 0.834. The zero-order valence-corrected chi connectivity index (χ0v) is 16.3. The van der Waals surface area contributed by atoms with E-state index in [9.17, 15) is 14.7 Å². The first-order chi connectivity index (χ1) is 13.1. The van der Waals surface area contributed by atoms with Crippen LogP contribution in [0.4, 0.5) is 0 Å². The van der Waals surface area contributed by atoms with Crippen molar-refractivity contribution in [2.75, 3.05) is 32.8 Å². The molecule has 2 saturated heterocycles. The van der Waals surface area contributed by atoms with Crippen LogP contribution in [0.1, 0.15) is 38.2 Å². The van der Waals surface area contributed by atoms with Crippen molar-refractivity contribution in [3.05, 3.63) is 35.9 Å². The normalized spacial score (nSPS) is 23.6. The van der Waals surface area contributed by atoms with Crippen LogP contribution in [0.2, 0.25) is 0 Å². The molecule has 0 spiro atoms. The average molecular weight is 373 g/mol. The minimum absolute atomic E-state index is 0.144. The molecule has 0 unspecified atom stereocenters. The molecule has 2 aliphatic rings. The maximum atomic E-state index is 12.7. The number of piperidine rings is 1. The van der Waals surface area contributed by atoms with Gasteiger partial charge in [0.2, 0.25) is 11.8 Å². The second-order valence-corrected chi connectivity index (χ2v) is 8.09. The van der Waals surface area contributed by atoms with Gasteiger partial charge >= 0.3 is 0 Å². The molecule has 1 aromatic rings. The number of aryl methyl sites for hydroxylation is 1. The first kappa shape index (κ1) is 19.9. The topological polar surface area (TPSA) is 60.9 Å². The fourth-order valence-electron chi connectivity index (χ4n) is 4.72. The number of hydrogen-bond donors (Lipinski definition) is 1. The number of benzene rings is 1. The second-order valence-electron chi connectivity index (χ2n) is 8.09. The minimum atomic E-state index is 0.144. The highest BCUT2D eigenvalue weighted by molar-refractivity contribution is 5.76. The van der Waals surface area contributed by atoms with Crippen molar-refractivity contribution in [1.82, 2.24) is 9.80 Å². The summed E-state index contributed by atoms with van der Waals surface area (Å²) in [6, 6.07) is 10.3. The van der Waals surface area contributed by atoms with Crippen LogP contribution in [0.25, 0.3) is 0 Å². The van der Waals surface area contributed by atoms with Crippen molar-refractivity contribution in [3.63, 3.8) is 0 Å². The SMILES string of the molecule is CC(=O)N1CCC([C@@H]2CN(C(=O)CCCc3ccccc3)C[C@H]2CO)CC1. The molecule has 2 aliphatic heterocycles. The van der Waals surface area contributed by atoms with Gasteiger partial charge in [0.05, 0.1) is 0 Å². The highest BCUT2D eigenvalue weighted by Gasteiger charge is 2.40. The van der Waals surface area contributed by atoms with Gasteiger partial charge in [0.1, 0.15) is 0 Å². The molecule has 0 aromatic heterocycles. The highest BCUT2D eigenvalue weighted by atomic mass is 16.3. The molecule has 27 heavy (non-hydrogen) atoms. The fraction of sp³-hybridized carbons (Fsp3) is 0.636. The maximum absolute atomic E-state index is 12.7. The number of carbonyl (C=O) groups excluding carboxylic acids is 2. The number of rotatable bonds is 6. The van der Waals surface area contributed by atoms with E-state index < -0.39 is 0 Å². The Bertz CT molecular complexity index is 626. The summed E-state index contributed by atoms with van der Waals surface area (Å²) >= 11 is 0. The molecule has 1 aromatic carbocycles. The Hall–Kier alpha value is -1.88. The van der Waals surface area contributed by atoms with Gasteiger partial charge in [-0.15, -0.1) is 0 Å². The molecular formula is C22H32N2O3. The van der Waals surface area contributed by atoms with Crippen LogP contribution in [-0.2, 0) is 16.0 Å². The van der Waals surface area contributed by atoms with E-state index in [0.29, 0.717) is 24.8 Å². The smallest absolute Gasteiger partial charge is 0.222 e. The standard InChI is InChI=1S/C22H32N2O3/c1-17(26)23-12-10-19(11-13-23)21-15-24(14-20(21)16-25)22(27)9-5-8-18-6-3-2-4-7-18/h2-4,6-7,19-21,25H,5,8-16H2,1H3/t20-,21-/m0/s1. The lowest BCUT2D eigenvalue weighted by Gasteiger charge is -2.35. The number of amides is 2. The molecule has 3 rings (SSSR count). The molecule has 0 aliphatic carbocycles. The summed E-state index contributed by atoms with van der Waals surface area (Å²) in [5.74, 6) is 1.40. The summed E-state index contributed by atoms with van der Waals surface area (Å²) < 4.78 is 0. The lowest BCUT2D eigenvalue weighted by atomic mass is 9.79. The van der Waals surface area contributed by atoms with E-state index in [0.717, 1.165) is 45.3 Å². The molecule has 2 fully saturated rings. The fourth-order valence-corrected chi connectivity index (χ4v) is 4.72. The van der Waals surface area contributed by atoms with Crippen molar-refractivity contribution in [2.45, 2.75) is 39.0 Å². The van der Waals surface area contributed by atoms with Crippen molar-refractivity contribution in [2.24, 2.45) is 17.8 Å². The molecule has 5 heteroatoms. The molecule has 2 amide bonds. The molecule has 2 heterocycles. The number of aliphatic hydroxyl groups is 1. The van der Waals surface area contributed by atoms with Crippen molar-refractivity contribution in [3.8, 4) is 0 Å². The van der Waals surface area contributed by atoms with Crippen LogP contribution in [0.5, 0.6) is 0 Å². The average Bonchev–Trinajstić information content (AvgIpc) is 3.13. The summed E-state index contributed by atoms with van der Waals surface area (Å²) in [6.45, 7) is 4.82. The molecule has 0 bridgehead atoms. The van der Waals surface area contributed by atoms with Crippen LogP contribution < -0.4 is 0 Å². The molecular weight excluding hydrogens is 340 g/mol. The Labute approximate surface area is 162 Å². The Balaban J connectivity index is 1.48. The Morgan fingerprint density at radius 2 is 1.78 bits per heavy atom. The lowest BCUT2D eigenvalue weighted by molar-refractivity contribution is -0.130. The second kappa shape index (κ2) is 9.36. The largest absolute Gasteiger partial charge is 0.396 e. The summed E-state index contributed by atoms with van der Waals surface area (Å²) in [7, 11) is 0. The molecule has 5 nitrogen and oxygen atoms in total. The van der Waals surface area contributed by atoms with Gasteiger partial charge in [0, 0.05) is 52.0 Å². The zero-order chi connectivity index (χ0) is 19.2. The molecule has 148 valence electrons. The first-order valence-corrected chi connectivity index (χ1v) is 10.3. The predicted octanol–water partition coefficient (Wildman–Crippen LogP) is 2.33. The van der Waals surface area contributed by atoms with Crippen molar-refractivity contribution >= 4 is 11.8 Å². The van der Waals surface area contributed by atoms with Crippen LogP contribution in [0, 0.1) is 17.8 Å². The minimum Gasteiger partial charge on any atom is -0.396 e. The number of likely N-dealkylation sites (tertiary alicyclic amines) is 2. The Morgan fingerprint density at radius 1 is 1.07 bits per heavy atom. The van der Waals surface area contributed by atoms with Gasteiger partial charge in [0.25, 0.3) is 0 Å². The van der Waals surface area contributed by atoms with Gasteiger partial charge in [0.15, 0.2) is 0 Å². The van der Waals surface area contributed by atoms with E-state index in [1.54, 1.807) is 6.92 Å². The number of hydrogen-bond acceptors (Lipinski definition) is 3. The van der Waals surface area contributed by atoms with Gasteiger partial charge in [-0.2, -0.15) is 0 Å². The molecule has 0 radical (unpaired) electrons. The van der Waals surface area contributed by atoms with Crippen LogP contribution in [0.15, 0.2) is 30.3 Å². The van der Waals surface area contributed by atoms with Gasteiger partial charge in [-0.3, -0.25) is 9.59 Å². The number of aliphatic hydroxyl groups excluding tert-OH is 1. The first-order valence-electron chi connectivity index (χ1n) is 10.3.